The van der Waals surface area contributed by atoms with Crippen LogP contribution < -0.4 is 14.4 Å². The molecule has 2 atom stereocenters. The van der Waals surface area contributed by atoms with Crippen LogP contribution in [0.5, 0.6) is 11.5 Å². The van der Waals surface area contributed by atoms with E-state index in [1.807, 2.05) is 55.5 Å². The molecule has 0 saturated carbocycles. The number of ketones is 1. The third kappa shape index (κ3) is 6.30. The molecule has 0 spiro atoms. The predicted octanol–water partition coefficient (Wildman–Crippen LogP) is 8.36. The van der Waals surface area contributed by atoms with Gasteiger partial charge in [-0.3, -0.25) is 14.5 Å². The van der Waals surface area contributed by atoms with Gasteiger partial charge in [0.1, 0.15) is 23.4 Å². The number of hydrogen-bond donors (Lipinski definition) is 1. The van der Waals surface area contributed by atoms with Crippen LogP contribution in [0.1, 0.15) is 55.5 Å². The number of Topliss-reactive ketones (excluding diaryl/α,β-unsaturated/α-hetero) is 1. The number of hydrogen-bond acceptors (Lipinski definition) is 9. The minimum atomic E-state index is -0.939. The number of aliphatic hydroxyl groups excluding tert-OH is 1. The first-order valence-corrected chi connectivity index (χ1v) is 17.8. The largest absolute Gasteiger partial charge is 0.507 e. The van der Waals surface area contributed by atoms with Gasteiger partial charge in [-0.15, -0.1) is 10.2 Å². The quantitative estimate of drug-likeness (QED) is 0.0518. The number of fused-ring (bicyclic) bond motifs is 2. The molecule has 1 N–H and O–H groups in total. The maximum atomic E-state index is 13.8. The zero-order chi connectivity index (χ0) is 33.4. The third-order valence-electron chi connectivity index (χ3n) is 8.58. The van der Waals surface area contributed by atoms with Crippen molar-refractivity contribution in [2.75, 3.05) is 11.5 Å². The van der Waals surface area contributed by atoms with Gasteiger partial charge in [-0.2, -0.15) is 0 Å². The number of carbonyl (C=O) groups is 2. The molecular weight excluding hydrogens is 643 g/mol. The Hall–Kier alpha value is -4.67. The summed E-state index contributed by atoms with van der Waals surface area (Å²) in [4.78, 5) is 29.0. The summed E-state index contributed by atoms with van der Waals surface area (Å²) in [6.45, 7) is 6.79. The number of nitrogens with zero attached hydrogens (tertiary/aromatic N) is 3. The summed E-state index contributed by atoms with van der Waals surface area (Å²) in [5, 5.41) is 23.2. The molecule has 2 unspecified atom stereocenters. The van der Waals surface area contributed by atoms with Gasteiger partial charge < -0.3 is 14.6 Å². The van der Waals surface area contributed by atoms with Crippen LogP contribution >= 0.6 is 23.1 Å². The number of benzene rings is 4. The number of carbonyl (C=O) groups excluding carboxylic acids is 2. The van der Waals surface area contributed by atoms with Gasteiger partial charge in [0.15, 0.2) is 4.34 Å². The minimum absolute atomic E-state index is 0.00796. The lowest BCUT2D eigenvalue weighted by Crippen LogP contribution is -2.29. The van der Waals surface area contributed by atoms with E-state index in [1.165, 1.54) is 38.9 Å². The van der Waals surface area contributed by atoms with Gasteiger partial charge in [-0.1, -0.05) is 91.5 Å². The molecule has 8 nitrogen and oxygen atoms in total. The van der Waals surface area contributed by atoms with Crippen molar-refractivity contribution in [3.63, 3.8) is 0 Å². The van der Waals surface area contributed by atoms with Gasteiger partial charge in [0.05, 0.1) is 18.2 Å². The van der Waals surface area contributed by atoms with Crippen LogP contribution in [0, 0.1) is 5.92 Å². The van der Waals surface area contributed by atoms with Gasteiger partial charge in [0, 0.05) is 17.7 Å². The Balaban J connectivity index is 1.25. The van der Waals surface area contributed by atoms with Gasteiger partial charge in [0.2, 0.25) is 5.13 Å². The summed E-state index contributed by atoms with van der Waals surface area (Å²) >= 11 is 2.77. The highest BCUT2D eigenvalue weighted by Crippen LogP contribution is 2.45. The predicted molar refractivity (Wildman–Crippen MR) is 190 cm³/mol. The van der Waals surface area contributed by atoms with E-state index in [9.17, 15) is 14.7 Å². The van der Waals surface area contributed by atoms with Gasteiger partial charge >= 0.3 is 5.91 Å². The summed E-state index contributed by atoms with van der Waals surface area (Å²) < 4.78 is 12.6. The lowest BCUT2D eigenvalue weighted by molar-refractivity contribution is -0.132. The van der Waals surface area contributed by atoms with Crippen LogP contribution in [0.3, 0.4) is 0 Å². The Morgan fingerprint density at radius 1 is 1.04 bits per heavy atom. The lowest BCUT2D eigenvalue weighted by atomic mass is 9.94. The van der Waals surface area contributed by atoms with Crippen molar-refractivity contribution in [3.8, 4) is 11.5 Å². The van der Waals surface area contributed by atoms with Gasteiger partial charge in [-0.05, 0) is 77.1 Å². The molecule has 1 amide bonds. The number of aromatic nitrogens is 2. The highest BCUT2D eigenvalue weighted by molar-refractivity contribution is 8.00. The van der Waals surface area contributed by atoms with E-state index in [0.717, 1.165) is 23.1 Å². The SMILES string of the molecule is CC(C)CCOc1cccc(C2/C(=C(\O)c3ccc4c(c3)CC(C)O4)C(=O)C(=O)N2c2nnc(SCc3cccc4ccccc34)s2)c1. The first-order chi connectivity index (χ1) is 23.3. The molecule has 0 bridgehead atoms. The van der Waals surface area contributed by atoms with Crippen molar-refractivity contribution < 1.29 is 24.2 Å². The summed E-state index contributed by atoms with van der Waals surface area (Å²) in [6.07, 6.45) is 1.59. The van der Waals surface area contributed by atoms with E-state index in [4.69, 9.17) is 9.47 Å². The van der Waals surface area contributed by atoms with Crippen molar-refractivity contribution >= 4 is 56.5 Å². The molecule has 10 heteroatoms. The molecule has 244 valence electrons. The Morgan fingerprint density at radius 2 is 1.85 bits per heavy atom. The molecule has 1 fully saturated rings. The number of anilines is 1. The number of rotatable bonds is 10. The number of thioether (sulfide) groups is 1. The molecule has 7 rings (SSSR count). The molecule has 2 aliphatic heterocycles. The Morgan fingerprint density at radius 3 is 2.71 bits per heavy atom. The molecular formula is C38H35N3O5S2. The Kier molecular flexibility index (Phi) is 8.94. The summed E-state index contributed by atoms with van der Waals surface area (Å²) in [6, 6.07) is 26.2. The van der Waals surface area contributed by atoms with Crippen molar-refractivity contribution in [2.24, 2.45) is 5.92 Å². The molecule has 3 heterocycles. The monoisotopic (exact) mass is 677 g/mol. The van der Waals surface area contributed by atoms with E-state index in [0.29, 0.717) is 45.9 Å². The average molecular weight is 678 g/mol. The maximum Gasteiger partial charge on any atom is 0.301 e. The molecule has 1 aromatic heterocycles. The molecule has 2 aliphatic rings. The van der Waals surface area contributed by atoms with E-state index < -0.39 is 17.7 Å². The fourth-order valence-corrected chi connectivity index (χ4v) is 8.04. The van der Waals surface area contributed by atoms with E-state index >= 15 is 0 Å². The van der Waals surface area contributed by atoms with Crippen molar-refractivity contribution in [2.45, 2.75) is 55.9 Å². The minimum Gasteiger partial charge on any atom is -0.507 e. The molecule has 1 saturated heterocycles. The third-order valence-corrected chi connectivity index (χ3v) is 10.7. The Bertz CT molecular complexity index is 2050. The fraction of sp³-hybridized carbons (Fsp3) is 0.263. The zero-order valence-corrected chi connectivity index (χ0v) is 28.5. The second kappa shape index (κ2) is 13.4. The van der Waals surface area contributed by atoms with E-state index in [2.05, 4.69) is 48.3 Å². The first-order valence-electron chi connectivity index (χ1n) is 16.0. The van der Waals surface area contributed by atoms with Crippen LogP contribution in [0.2, 0.25) is 0 Å². The average Bonchev–Trinajstić information content (AvgIpc) is 3.78. The summed E-state index contributed by atoms with van der Waals surface area (Å²) in [5.41, 5.74) is 3.17. The standard InChI is InChI=1S/C38H35N3O5S2/c1-22(2)16-17-45-29-12-7-10-25(20-29)33-32(34(42)26-14-15-31-28(19-26)18-23(3)46-31)35(43)36(44)41(33)37-39-40-38(48-37)47-21-27-11-6-9-24-8-4-5-13-30(24)27/h4-15,19-20,22-23,33,42H,16-18,21H2,1-3H3/b34-32+. The highest BCUT2D eigenvalue weighted by atomic mass is 32.2. The second-order valence-corrected chi connectivity index (χ2v) is 14.7. The maximum absolute atomic E-state index is 13.8. The smallest absolute Gasteiger partial charge is 0.301 e. The number of aliphatic hydroxyl groups is 1. The van der Waals surface area contributed by atoms with Crippen molar-refractivity contribution in [3.05, 3.63) is 113 Å². The molecule has 48 heavy (non-hydrogen) atoms. The van der Waals surface area contributed by atoms with E-state index in [1.54, 1.807) is 12.1 Å². The lowest BCUT2D eigenvalue weighted by Gasteiger charge is -2.23. The van der Waals surface area contributed by atoms with Gasteiger partial charge in [-0.25, -0.2) is 0 Å². The molecule has 4 aromatic carbocycles. The molecule has 0 radical (unpaired) electrons. The first kappa shape index (κ1) is 31.9. The zero-order valence-electron chi connectivity index (χ0n) is 26.9. The van der Waals surface area contributed by atoms with Crippen molar-refractivity contribution in [1.29, 1.82) is 0 Å². The van der Waals surface area contributed by atoms with Crippen LogP contribution in [0.25, 0.3) is 16.5 Å². The van der Waals surface area contributed by atoms with Crippen LogP contribution in [0.15, 0.2) is 94.8 Å². The van der Waals surface area contributed by atoms with Crippen LogP contribution in [-0.2, 0) is 21.8 Å². The molecule has 5 aromatic rings. The van der Waals surface area contributed by atoms with Crippen LogP contribution in [-0.4, -0.2) is 39.7 Å². The van der Waals surface area contributed by atoms with Crippen molar-refractivity contribution in [1.82, 2.24) is 10.2 Å². The highest BCUT2D eigenvalue weighted by Gasteiger charge is 2.48. The summed E-state index contributed by atoms with van der Waals surface area (Å²) in [5.74, 6) is 0.710. The second-order valence-electron chi connectivity index (χ2n) is 12.5. The number of amides is 1. The Labute approximate surface area is 287 Å². The molecule has 0 aliphatic carbocycles. The van der Waals surface area contributed by atoms with Crippen LogP contribution in [0.4, 0.5) is 5.13 Å². The van der Waals surface area contributed by atoms with Gasteiger partial charge in [0.25, 0.3) is 5.78 Å². The van der Waals surface area contributed by atoms with E-state index in [-0.39, 0.29) is 22.6 Å². The number of ether oxygens (including phenoxy) is 2. The fourth-order valence-electron chi connectivity index (χ4n) is 6.17. The normalized spacial score (nSPS) is 18.5. The topological polar surface area (TPSA) is 102 Å². The summed E-state index contributed by atoms with van der Waals surface area (Å²) in [7, 11) is 0.